The van der Waals surface area contributed by atoms with Gasteiger partial charge in [0, 0.05) is 26.4 Å². The summed E-state index contributed by atoms with van der Waals surface area (Å²) in [6.45, 7) is 6.75. The van der Waals surface area contributed by atoms with E-state index in [0.29, 0.717) is 11.3 Å². The molecule has 0 aromatic heterocycles. The lowest BCUT2D eigenvalue weighted by molar-refractivity contribution is -0.142. The Morgan fingerprint density at radius 1 is 0.573 bits per heavy atom. The largest absolute Gasteiger partial charge is 0.508 e. The molecule has 0 bridgehead atoms. The average Bonchev–Trinajstić information content (AvgIpc) is 3.31. The number of hydrogen-bond donors (Lipinski definition) is 16. The summed E-state index contributed by atoms with van der Waals surface area (Å²) in [7, 11) is 0. The molecular weight excluding hydrogens is 1000 g/mol. The summed E-state index contributed by atoms with van der Waals surface area (Å²) in [6.07, 6.45) is 0.627. The highest BCUT2D eigenvalue weighted by Crippen LogP contribution is 2.14. The van der Waals surface area contributed by atoms with Crippen LogP contribution in [-0.2, 0) is 54.4 Å². The molecule has 0 saturated carbocycles. The number of rotatable bonds is 35. The topological polar surface area (TPSA) is 477 Å². The van der Waals surface area contributed by atoms with Crippen molar-refractivity contribution in [1.29, 1.82) is 0 Å². The first kappa shape index (κ1) is 65.6. The van der Waals surface area contributed by atoms with E-state index in [1.807, 2.05) is 0 Å². The van der Waals surface area contributed by atoms with Crippen LogP contribution in [0.4, 0.5) is 0 Å². The zero-order valence-corrected chi connectivity index (χ0v) is 43.9. The number of aliphatic hydroxyl groups excluding tert-OH is 1. The molecule has 0 aliphatic heterocycles. The first-order valence-corrected chi connectivity index (χ1v) is 25.4. The van der Waals surface area contributed by atoms with E-state index < -0.39 is 126 Å². The van der Waals surface area contributed by atoms with E-state index in [4.69, 9.17) is 22.9 Å². The van der Waals surface area contributed by atoms with Crippen LogP contribution in [0.3, 0.4) is 0 Å². The Morgan fingerprint density at radius 2 is 1.00 bits per heavy atom. The second-order valence-corrected chi connectivity index (χ2v) is 19.1. The third kappa shape index (κ3) is 26.4. The highest BCUT2D eigenvalue weighted by molar-refractivity contribution is 7.98. The summed E-state index contributed by atoms with van der Waals surface area (Å²) >= 11 is 1.38. The van der Waals surface area contributed by atoms with Gasteiger partial charge in [-0.25, -0.2) is 4.79 Å². The number of aliphatic imine (C=N–C) groups is 2. The van der Waals surface area contributed by atoms with Gasteiger partial charge in [-0.1, -0.05) is 39.8 Å². The Bertz CT molecular complexity index is 2160. The number of carbonyl (C=O) groups is 10. The molecule has 0 aliphatic carbocycles. The van der Waals surface area contributed by atoms with Gasteiger partial charge in [0.25, 0.3) is 0 Å². The van der Waals surface area contributed by atoms with Gasteiger partial charge >= 0.3 is 11.9 Å². The molecule has 1 aromatic rings. The van der Waals surface area contributed by atoms with Gasteiger partial charge in [-0.15, -0.1) is 0 Å². The third-order valence-electron chi connectivity index (χ3n) is 10.9. The lowest BCUT2D eigenvalue weighted by atomic mass is 9.99. The van der Waals surface area contributed by atoms with Gasteiger partial charge in [-0.3, -0.25) is 53.1 Å². The van der Waals surface area contributed by atoms with Crippen LogP contribution in [0.25, 0.3) is 0 Å². The van der Waals surface area contributed by atoms with E-state index in [-0.39, 0.29) is 81.6 Å². The number of aliphatic hydroxyl groups is 1. The number of amides is 8. The Kier molecular flexibility index (Phi) is 29.8. The second kappa shape index (κ2) is 34.1. The van der Waals surface area contributed by atoms with Crippen molar-refractivity contribution in [3.05, 3.63) is 29.8 Å². The molecule has 8 amide bonds. The maximum Gasteiger partial charge on any atom is 0.326 e. The molecule has 8 atom stereocenters. The van der Waals surface area contributed by atoms with Crippen LogP contribution in [0.1, 0.15) is 85.1 Å². The van der Waals surface area contributed by atoms with Gasteiger partial charge in [0.15, 0.2) is 11.9 Å². The summed E-state index contributed by atoms with van der Waals surface area (Å²) in [4.78, 5) is 140. The molecule has 75 heavy (non-hydrogen) atoms. The lowest BCUT2D eigenvalue weighted by Crippen LogP contribution is -2.61. The van der Waals surface area contributed by atoms with Crippen LogP contribution in [-0.4, -0.2) is 172 Å². The van der Waals surface area contributed by atoms with E-state index in [9.17, 15) is 68.4 Å². The molecule has 1 aromatic carbocycles. The molecule has 0 aliphatic rings. The van der Waals surface area contributed by atoms with E-state index in [0.717, 1.165) is 0 Å². The monoisotopic (exact) mass is 1080 g/mol. The summed E-state index contributed by atoms with van der Waals surface area (Å²) in [5, 5.41) is 59.1. The molecule has 1 rings (SSSR count). The van der Waals surface area contributed by atoms with Gasteiger partial charge in [-0.05, 0) is 80.1 Å². The van der Waals surface area contributed by atoms with Crippen molar-refractivity contribution in [2.24, 2.45) is 44.8 Å². The number of carboxylic acids is 2. The van der Waals surface area contributed by atoms with E-state index in [1.165, 1.54) is 43.0 Å². The first-order chi connectivity index (χ1) is 35.2. The second-order valence-electron chi connectivity index (χ2n) is 18.1. The number of hydrogen-bond acceptors (Lipinski definition) is 15. The molecule has 420 valence electrons. The minimum absolute atomic E-state index is 0.00916. The quantitative estimate of drug-likeness (QED) is 0.0175. The summed E-state index contributed by atoms with van der Waals surface area (Å²) in [6, 6.07) is -6.21. The Morgan fingerprint density at radius 3 is 1.44 bits per heavy atom. The highest BCUT2D eigenvalue weighted by atomic mass is 32.2. The lowest BCUT2D eigenvalue weighted by Gasteiger charge is -2.29. The maximum absolute atomic E-state index is 14.1. The number of carbonyl (C=O) groups excluding carboxylic acids is 8. The van der Waals surface area contributed by atoms with E-state index >= 15 is 0 Å². The summed E-state index contributed by atoms with van der Waals surface area (Å²) in [5.41, 5.74) is 22.2. The van der Waals surface area contributed by atoms with E-state index in [2.05, 4.69) is 52.5 Å². The molecule has 0 fully saturated rings. The zero-order valence-electron chi connectivity index (χ0n) is 43.1. The van der Waals surface area contributed by atoms with Crippen molar-refractivity contribution in [1.82, 2.24) is 42.5 Å². The molecule has 0 unspecified atom stereocenters. The molecule has 29 heteroatoms. The Balaban J connectivity index is 3.43. The molecule has 0 radical (unpaired) electrons. The van der Waals surface area contributed by atoms with Gasteiger partial charge in [0.2, 0.25) is 47.3 Å². The Hall–Kier alpha value is -7.43. The van der Waals surface area contributed by atoms with Gasteiger partial charge in [0.05, 0.1) is 13.0 Å². The molecule has 20 N–H and O–H groups in total. The smallest absolute Gasteiger partial charge is 0.326 e. The number of guanidine groups is 2. The average molecular weight is 1080 g/mol. The number of phenolic OH excluding ortho intramolecular Hbond substituents is 1. The first-order valence-electron chi connectivity index (χ1n) is 24.0. The van der Waals surface area contributed by atoms with Crippen LogP contribution in [0.2, 0.25) is 0 Å². The standard InChI is InChI=1S/C46H76N14O14S/c1-23(2)19-31(40(69)59-34(22-61)42(71)55-28(9-7-16-51-45(47)48)37(66)58-33(44(73)74)20-26-11-13-27(63)14-12-26)57-43(72)36(24(3)4)60-39(68)29(10-8-17-52-46(49)50)54-41(70)32(21-35(64)65)56-38(67)30(15-18-75-6)53-25(5)62/h11-14,23-24,28-34,36,61,63H,7-10,15-22H2,1-6H3,(H,53,62)(H,54,70)(H,55,71)(H,56,67)(H,57,72)(H,58,66)(H,59,69)(H,60,68)(H,64,65)(H,73,74)(H4,47,48,51)(H4,49,50,52)/t28-,29-,30-,31-,32-,33-,34-,36-/m0/s1. The predicted molar refractivity (Wildman–Crippen MR) is 277 cm³/mol. The SMILES string of the molecule is CSCC[C@H](NC(C)=O)C(=O)N[C@@H](CC(=O)O)C(=O)N[C@@H](CCCN=C(N)N)C(=O)N[C@H](C(=O)N[C@@H](CC(C)C)C(=O)N[C@@H](CO)C(=O)N[C@@H](CCCN=C(N)N)C(=O)N[C@@H](Cc1ccc(O)cc1)C(=O)O)C(C)C. The fraction of sp³-hybridized carbons (Fsp3) is 0.609. The van der Waals surface area contributed by atoms with Crippen molar-refractivity contribution >= 4 is 82.9 Å². The number of benzene rings is 1. The number of thioether (sulfide) groups is 1. The number of phenols is 1. The van der Waals surface area contributed by atoms with Gasteiger partial charge < -0.3 is 85.9 Å². The van der Waals surface area contributed by atoms with Crippen LogP contribution >= 0.6 is 11.8 Å². The maximum atomic E-state index is 14.1. The van der Waals surface area contributed by atoms with Crippen LogP contribution in [0, 0.1) is 11.8 Å². The highest BCUT2D eigenvalue weighted by Gasteiger charge is 2.36. The number of nitrogens with zero attached hydrogens (tertiary/aromatic N) is 2. The normalized spacial score (nSPS) is 14.1. The predicted octanol–water partition coefficient (Wildman–Crippen LogP) is -4.05. The third-order valence-corrected chi connectivity index (χ3v) is 11.5. The van der Waals surface area contributed by atoms with Crippen molar-refractivity contribution in [3.8, 4) is 5.75 Å². The Labute approximate surface area is 438 Å². The molecule has 0 saturated heterocycles. The summed E-state index contributed by atoms with van der Waals surface area (Å²) in [5.74, 6) is -11.3. The van der Waals surface area contributed by atoms with E-state index in [1.54, 1.807) is 34.0 Å². The number of nitrogens with one attached hydrogen (secondary N) is 8. The zero-order chi connectivity index (χ0) is 56.9. The van der Waals surface area contributed by atoms with Gasteiger partial charge in [0.1, 0.15) is 54.1 Å². The molecule has 0 spiro atoms. The van der Waals surface area contributed by atoms with Crippen LogP contribution in [0.15, 0.2) is 34.3 Å². The molecule has 0 heterocycles. The molecule has 28 nitrogen and oxygen atoms in total. The summed E-state index contributed by atoms with van der Waals surface area (Å²) < 4.78 is 0. The van der Waals surface area contributed by atoms with Crippen LogP contribution < -0.4 is 65.5 Å². The molecular formula is C46H76N14O14S. The minimum Gasteiger partial charge on any atom is -0.508 e. The number of aromatic hydroxyl groups is 1. The van der Waals surface area contributed by atoms with Crippen LogP contribution in [0.5, 0.6) is 5.75 Å². The van der Waals surface area contributed by atoms with Crippen molar-refractivity contribution in [2.75, 3.05) is 31.7 Å². The fourth-order valence-corrected chi connectivity index (χ4v) is 7.53. The van der Waals surface area contributed by atoms with Crippen molar-refractivity contribution in [3.63, 3.8) is 0 Å². The van der Waals surface area contributed by atoms with Gasteiger partial charge in [-0.2, -0.15) is 11.8 Å². The number of carboxylic acid groups (broad SMARTS) is 2. The fourth-order valence-electron chi connectivity index (χ4n) is 7.06. The van der Waals surface area contributed by atoms with Crippen molar-refractivity contribution in [2.45, 2.75) is 134 Å². The number of aliphatic carboxylic acids is 2. The number of nitrogens with two attached hydrogens (primary N) is 4. The minimum atomic E-state index is -1.73. The van der Waals surface area contributed by atoms with Crippen molar-refractivity contribution < 1.29 is 68.4 Å².